The van der Waals surface area contributed by atoms with E-state index in [0.717, 1.165) is 10.9 Å². The van der Waals surface area contributed by atoms with Crippen LogP contribution in [0.2, 0.25) is 0 Å². The average Bonchev–Trinajstić information content (AvgIpc) is 2.47. The molecular weight excluding hydrogens is 320 g/mol. The summed E-state index contributed by atoms with van der Waals surface area (Å²) in [6.45, 7) is 1.83. The number of phenols is 1. The zero-order chi connectivity index (χ0) is 17.0. The highest BCUT2D eigenvalue weighted by Crippen LogP contribution is 2.20. The first-order valence-electron chi connectivity index (χ1n) is 6.53. The Morgan fingerprint density at radius 1 is 1.00 bits per heavy atom. The van der Waals surface area contributed by atoms with Gasteiger partial charge < -0.3 is 9.52 Å². The van der Waals surface area contributed by atoms with Crippen LogP contribution >= 0.6 is 0 Å². The van der Waals surface area contributed by atoms with Crippen LogP contribution in [-0.4, -0.2) is 18.1 Å². The zero-order valence-corrected chi connectivity index (χ0v) is 12.9. The molecule has 0 spiro atoms. The molecule has 0 saturated heterocycles. The summed E-state index contributed by atoms with van der Waals surface area (Å²) in [5.74, 6) is 0.0984. The lowest BCUT2D eigenvalue weighted by molar-refractivity contribution is 0.473. The minimum absolute atomic E-state index is 0.0741. The largest absolute Gasteiger partial charge is 0.508 e. The molecule has 1 aromatic heterocycles. The lowest BCUT2D eigenvalue weighted by atomic mass is 10.1. The van der Waals surface area contributed by atoms with Crippen molar-refractivity contribution in [2.24, 2.45) is 0 Å². The van der Waals surface area contributed by atoms with Crippen LogP contribution in [0.25, 0.3) is 11.0 Å². The van der Waals surface area contributed by atoms with Crippen molar-refractivity contribution in [3.8, 4) is 5.75 Å². The highest BCUT2D eigenvalue weighted by molar-refractivity contribution is 7.85. The Labute approximate surface area is 132 Å². The molecule has 2 N–H and O–H groups in total. The van der Waals surface area contributed by atoms with Gasteiger partial charge in [-0.2, -0.15) is 8.42 Å². The van der Waals surface area contributed by atoms with Gasteiger partial charge in [0.1, 0.15) is 11.3 Å². The second kappa shape index (κ2) is 6.64. The van der Waals surface area contributed by atoms with Gasteiger partial charge in [0.15, 0.2) is 0 Å². The Balaban J connectivity index is 0.000000174. The van der Waals surface area contributed by atoms with Crippen LogP contribution in [0.5, 0.6) is 5.75 Å². The van der Waals surface area contributed by atoms with E-state index in [-0.39, 0.29) is 10.6 Å². The number of aryl methyl sites for hydroxylation is 1. The van der Waals surface area contributed by atoms with Gasteiger partial charge in [0.25, 0.3) is 10.1 Å². The highest BCUT2D eigenvalue weighted by atomic mass is 32.2. The van der Waals surface area contributed by atoms with Crippen LogP contribution in [0.4, 0.5) is 0 Å². The van der Waals surface area contributed by atoms with Gasteiger partial charge in [0.05, 0.1) is 4.90 Å². The molecule has 0 aliphatic heterocycles. The van der Waals surface area contributed by atoms with Gasteiger partial charge in [-0.05, 0) is 36.8 Å². The Morgan fingerprint density at radius 3 is 2.22 bits per heavy atom. The van der Waals surface area contributed by atoms with Crippen LogP contribution in [0.3, 0.4) is 0 Å². The first-order chi connectivity index (χ1) is 10.8. The zero-order valence-electron chi connectivity index (χ0n) is 12.1. The molecule has 6 nitrogen and oxygen atoms in total. The van der Waals surface area contributed by atoms with Crippen molar-refractivity contribution in [1.82, 2.24) is 0 Å². The molecule has 3 rings (SSSR count). The van der Waals surface area contributed by atoms with E-state index in [1.54, 1.807) is 30.3 Å². The summed E-state index contributed by atoms with van der Waals surface area (Å²) in [5, 5.41) is 9.99. The Kier molecular flexibility index (Phi) is 4.83. The number of hydrogen-bond acceptors (Lipinski definition) is 5. The number of aromatic hydroxyl groups is 1. The number of phenolic OH excluding ortho intramolecular Hbond substituents is 1. The molecule has 2 aromatic carbocycles. The number of rotatable bonds is 1. The minimum atomic E-state index is -4.00. The summed E-state index contributed by atoms with van der Waals surface area (Å²) in [5.41, 5.74) is 0.881. The molecule has 0 saturated carbocycles. The monoisotopic (exact) mass is 334 g/mol. The molecule has 0 atom stereocenters. The Hall–Kier alpha value is -2.64. The van der Waals surface area contributed by atoms with E-state index in [1.807, 2.05) is 6.92 Å². The van der Waals surface area contributed by atoms with Gasteiger partial charge in [-0.25, -0.2) is 4.79 Å². The van der Waals surface area contributed by atoms with Gasteiger partial charge >= 0.3 is 5.63 Å². The van der Waals surface area contributed by atoms with Crippen LogP contribution in [-0.2, 0) is 10.1 Å². The van der Waals surface area contributed by atoms with Crippen LogP contribution in [0, 0.1) is 6.92 Å². The van der Waals surface area contributed by atoms with Crippen molar-refractivity contribution < 1.29 is 22.5 Å². The quantitative estimate of drug-likeness (QED) is 0.524. The predicted molar refractivity (Wildman–Crippen MR) is 85.1 cm³/mol. The fourth-order valence-electron chi connectivity index (χ4n) is 1.91. The smallest absolute Gasteiger partial charge is 0.336 e. The first kappa shape index (κ1) is 16.7. The summed E-state index contributed by atoms with van der Waals surface area (Å²) in [7, 11) is -4.00. The van der Waals surface area contributed by atoms with E-state index < -0.39 is 15.7 Å². The van der Waals surface area contributed by atoms with Crippen molar-refractivity contribution >= 4 is 21.1 Å². The fourth-order valence-corrected chi connectivity index (χ4v) is 2.41. The second-order valence-electron chi connectivity index (χ2n) is 4.72. The van der Waals surface area contributed by atoms with Gasteiger partial charge in [-0.15, -0.1) is 0 Å². The maximum absolute atomic E-state index is 11.0. The molecule has 3 aromatic rings. The molecule has 0 fully saturated rings. The van der Waals surface area contributed by atoms with E-state index in [2.05, 4.69) is 0 Å². The number of benzene rings is 2. The van der Waals surface area contributed by atoms with Crippen LogP contribution < -0.4 is 5.63 Å². The van der Waals surface area contributed by atoms with Crippen LogP contribution in [0.1, 0.15) is 5.56 Å². The average molecular weight is 334 g/mol. The summed E-state index contributed by atoms with van der Waals surface area (Å²) in [6.07, 6.45) is 0. The molecule has 0 radical (unpaired) electrons. The molecular formula is C16H14O6S. The summed E-state index contributed by atoms with van der Waals surface area (Å²) >= 11 is 0. The van der Waals surface area contributed by atoms with Gasteiger partial charge in [0.2, 0.25) is 0 Å². The van der Waals surface area contributed by atoms with Crippen molar-refractivity contribution in [3.63, 3.8) is 0 Å². The maximum Gasteiger partial charge on any atom is 0.336 e. The molecule has 0 amide bonds. The first-order valence-corrected chi connectivity index (χ1v) is 7.97. The summed E-state index contributed by atoms with van der Waals surface area (Å²) in [6, 6.07) is 13.6. The molecule has 1 heterocycles. The van der Waals surface area contributed by atoms with Gasteiger partial charge in [0, 0.05) is 17.5 Å². The third-order valence-corrected chi connectivity index (χ3v) is 3.84. The molecule has 7 heteroatoms. The standard InChI is InChI=1S/C10H8O3.C6H6O3S/c1-6-4-10(12)13-9-5-7(11)2-3-8(6)9;7-10(8,9)6-4-2-1-3-5-6/h2-5,11H,1H3;1-5H,(H,7,8,9). The minimum Gasteiger partial charge on any atom is -0.508 e. The Bertz CT molecular complexity index is 974. The van der Waals surface area contributed by atoms with E-state index in [1.165, 1.54) is 24.3 Å². The van der Waals surface area contributed by atoms with Crippen LogP contribution in [0.15, 0.2) is 68.7 Å². The van der Waals surface area contributed by atoms with Crippen molar-refractivity contribution in [2.45, 2.75) is 11.8 Å². The predicted octanol–water partition coefficient (Wildman–Crippen LogP) is 2.74. The third-order valence-electron chi connectivity index (χ3n) is 2.98. The Morgan fingerprint density at radius 2 is 1.65 bits per heavy atom. The topological polar surface area (TPSA) is 105 Å². The third kappa shape index (κ3) is 4.41. The fraction of sp³-hybridized carbons (Fsp3) is 0.0625. The molecule has 0 aliphatic carbocycles. The summed E-state index contributed by atoms with van der Waals surface area (Å²) in [4.78, 5) is 10.9. The second-order valence-corrected chi connectivity index (χ2v) is 6.14. The lowest BCUT2D eigenvalue weighted by Gasteiger charge is -1.99. The van der Waals surface area contributed by atoms with E-state index in [0.29, 0.717) is 5.58 Å². The molecule has 0 bridgehead atoms. The SMILES string of the molecule is Cc1cc(=O)oc2cc(O)ccc12.O=S(=O)(O)c1ccccc1. The lowest BCUT2D eigenvalue weighted by Crippen LogP contribution is -1.97. The highest BCUT2D eigenvalue weighted by Gasteiger charge is 2.05. The van der Waals surface area contributed by atoms with Gasteiger partial charge in [-0.3, -0.25) is 4.55 Å². The molecule has 0 aliphatic rings. The van der Waals surface area contributed by atoms with Crippen molar-refractivity contribution in [3.05, 3.63) is 70.6 Å². The van der Waals surface area contributed by atoms with E-state index in [4.69, 9.17) is 14.1 Å². The maximum atomic E-state index is 11.0. The number of hydrogen-bond donors (Lipinski definition) is 2. The van der Waals surface area contributed by atoms with Crippen molar-refractivity contribution in [2.75, 3.05) is 0 Å². The van der Waals surface area contributed by atoms with E-state index >= 15 is 0 Å². The molecule has 0 unspecified atom stereocenters. The van der Waals surface area contributed by atoms with Crippen molar-refractivity contribution in [1.29, 1.82) is 0 Å². The normalized spacial score (nSPS) is 10.9. The van der Waals surface area contributed by atoms with E-state index in [9.17, 15) is 13.2 Å². The number of fused-ring (bicyclic) bond motifs is 1. The summed E-state index contributed by atoms with van der Waals surface area (Å²) < 4.78 is 34.1. The molecule has 120 valence electrons. The van der Waals surface area contributed by atoms with Gasteiger partial charge in [-0.1, -0.05) is 18.2 Å². The molecule has 23 heavy (non-hydrogen) atoms.